The summed E-state index contributed by atoms with van der Waals surface area (Å²) >= 11 is 0. The number of amides is 2. The van der Waals surface area contributed by atoms with E-state index in [0.29, 0.717) is 63.5 Å². The molecule has 164 valence electrons. The molecular formula is C24H28N2O5. The minimum Gasteiger partial charge on any atom is -0.457 e. The molecule has 0 aliphatic carbocycles. The van der Waals surface area contributed by atoms with Crippen LogP contribution in [0.4, 0.5) is 0 Å². The quantitative estimate of drug-likeness (QED) is 0.713. The van der Waals surface area contributed by atoms with Crippen LogP contribution in [-0.2, 0) is 14.3 Å². The molecule has 4 rings (SSSR count). The van der Waals surface area contributed by atoms with Gasteiger partial charge >= 0.3 is 0 Å². The third kappa shape index (κ3) is 4.73. The van der Waals surface area contributed by atoms with Crippen LogP contribution < -0.4 is 4.74 Å². The van der Waals surface area contributed by atoms with Gasteiger partial charge < -0.3 is 24.0 Å². The lowest BCUT2D eigenvalue weighted by atomic mass is 9.88. The molecule has 2 aliphatic rings. The molecule has 0 atom stereocenters. The summed E-state index contributed by atoms with van der Waals surface area (Å²) in [4.78, 5) is 29.5. The molecule has 0 unspecified atom stereocenters. The molecule has 0 bridgehead atoms. The van der Waals surface area contributed by atoms with Crippen molar-refractivity contribution in [3.8, 4) is 11.5 Å². The van der Waals surface area contributed by atoms with Crippen LogP contribution in [0.25, 0.3) is 0 Å². The standard InChI is InChI=1S/C24H28N2O5/c1-29-17-15-26-16-18-30-24(23(26)28)11-13-25(14-12-24)22(27)19-7-9-21(10-8-19)31-20-5-3-2-4-6-20/h2-10H,11-18H2,1H3. The molecule has 0 aromatic heterocycles. The lowest BCUT2D eigenvalue weighted by molar-refractivity contribution is -0.179. The Hall–Kier alpha value is -2.90. The normalized spacial score (nSPS) is 18.3. The van der Waals surface area contributed by atoms with Crippen LogP contribution in [0.15, 0.2) is 54.6 Å². The molecule has 2 saturated heterocycles. The Morgan fingerprint density at radius 2 is 1.68 bits per heavy atom. The Kier molecular flexibility index (Phi) is 6.53. The number of carbonyl (C=O) groups is 2. The number of likely N-dealkylation sites (tertiary alicyclic amines) is 1. The number of nitrogens with zero attached hydrogens (tertiary/aromatic N) is 2. The number of hydrogen-bond donors (Lipinski definition) is 0. The number of morpholine rings is 1. The summed E-state index contributed by atoms with van der Waals surface area (Å²) in [5.41, 5.74) is -0.204. The van der Waals surface area contributed by atoms with E-state index >= 15 is 0 Å². The zero-order valence-electron chi connectivity index (χ0n) is 17.8. The Morgan fingerprint density at radius 1 is 1.00 bits per heavy atom. The number of hydrogen-bond acceptors (Lipinski definition) is 5. The van der Waals surface area contributed by atoms with Crippen LogP contribution in [0.3, 0.4) is 0 Å². The highest BCUT2D eigenvalue weighted by atomic mass is 16.5. The van der Waals surface area contributed by atoms with Gasteiger partial charge in [0.1, 0.15) is 17.1 Å². The van der Waals surface area contributed by atoms with Gasteiger partial charge in [-0.1, -0.05) is 18.2 Å². The number of methoxy groups -OCH3 is 1. The second kappa shape index (κ2) is 9.49. The first-order valence-corrected chi connectivity index (χ1v) is 10.7. The van der Waals surface area contributed by atoms with Crippen LogP contribution in [0.5, 0.6) is 11.5 Å². The SMILES string of the molecule is COCCN1CCOC2(CCN(C(=O)c3ccc(Oc4ccccc4)cc3)CC2)C1=O. The monoisotopic (exact) mass is 424 g/mol. The fraction of sp³-hybridized carbons (Fsp3) is 0.417. The van der Waals surface area contributed by atoms with Gasteiger partial charge in [-0.3, -0.25) is 9.59 Å². The molecular weight excluding hydrogens is 396 g/mol. The Morgan fingerprint density at radius 3 is 2.35 bits per heavy atom. The Bertz CT molecular complexity index is 892. The highest BCUT2D eigenvalue weighted by Gasteiger charge is 2.47. The van der Waals surface area contributed by atoms with Crippen molar-refractivity contribution < 1.29 is 23.8 Å². The molecule has 2 aliphatic heterocycles. The summed E-state index contributed by atoms with van der Waals surface area (Å²) in [6.45, 7) is 3.17. The molecule has 7 heteroatoms. The lowest BCUT2D eigenvalue weighted by Gasteiger charge is -2.46. The zero-order chi connectivity index (χ0) is 21.7. The van der Waals surface area contributed by atoms with Crippen molar-refractivity contribution in [1.82, 2.24) is 9.80 Å². The molecule has 2 fully saturated rings. The van der Waals surface area contributed by atoms with Crippen LogP contribution in [0, 0.1) is 0 Å². The highest BCUT2D eigenvalue weighted by molar-refractivity contribution is 5.95. The van der Waals surface area contributed by atoms with Gasteiger partial charge in [0.2, 0.25) is 0 Å². The summed E-state index contributed by atoms with van der Waals surface area (Å²) in [5, 5.41) is 0. The Balaban J connectivity index is 1.35. The molecule has 2 aromatic rings. The van der Waals surface area contributed by atoms with Gasteiger partial charge in [-0.05, 0) is 36.4 Å². The summed E-state index contributed by atoms with van der Waals surface area (Å²) in [6, 6.07) is 16.7. The van der Waals surface area contributed by atoms with E-state index in [2.05, 4.69) is 0 Å². The van der Waals surface area contributed by atoms with Gasteiger partial charge in [0, 0.05) is 51.7 Å². The topological polar surface area (TPSA) is 68.3 Å². The second-order valence-electron chi connectivity index (χ2n) is 7.86. The molecule has 2 aromatic carbocycles. The van der Waals surface area contributed by atoms with E-state index in [1.807, 2.05) is 35.2 Å². The third-order valence-corrected chi connectivity index (χ3v) is 5.92. The second-order valence-corrected chi connectivity index (χ2v) is 7.86. The van der Waals surface area contributed by atoms with E-state index in [1.165, 1.54) is 0 Å². The number of piperidine rings is 1. The maximum absolute atomic E-state index is 13.0. The molecule has 2 heterocycles. The highest BCUT2D eigenvalue weighted by Crippen LogP contribution is 2.32. The zero-order valence-corrected chi connectivity index (χ0v) is 17.8. The average molecular weight is 424 g/mol. The summed E-state index contributed by atoms with van der Waals surface area (Å²) < 4.78 is 16.9. The van der Waals surface area contributed by atoms with Gasteiger partial charge in [-0.2, -0.15) is 0 Å². The van der Waals surface area contributed by atoms with Crippen LogP contribution in [0.2, 0.25) is 0 Å². The molecule has 0 radical (unpaired) electrons. The van der Waals surface area contributed by atoms with Crippen molar-refractivity contribution in [2.75, 3.05) is 46.5 Å². The van der Waals surface area contributed by atoms with Crippen LogP contribution in [0.1, 0.15) is 23.2 Å². The van der Waals surface area contributed by atoms with E-state index in [1.54, 1.807) is 36.3 Å². The summed E-state index contributed by atoms with van der Waals surface area (Å²) in [5.74, 6) is 1.41. The average Bonchev–Trinajstić information content (AvgIpc) is 2.81. The smallest absolute Gasteiger partial charge is 0.255 e. The van der Waals surface area contributed by atoms with Crippen molar-refractivity contribution >= 4 is 11.8 Å². The van der Waals surface area contributed by atoms with E-state index in [9.17, 15) is 9.59 Å². The van der Waals surface area contributed by atoms with E-state index < -0.39 is 5.60 Å². The lowest BCUT2D eigenvalue weighted by Crippen LogP contribution is -2.61. The third-order valence-electron chi connectivity index (χ3n) is 5.92. The first-order valence-electron chi connectivity index (χ1n) is 10.7. The van der Waals surface area contributed by atoms with Crippen molar-refractivity contribution in [2.45, 2.75) is 18.4 Å². The van der Waals surface area contributed by atoms with Crippen molar-refractivity contribution in [1.29, 1.82) is 0 Å². The first kappa shape index (κ1) is 21.3. The van der Waals surface area contributed by atoms with Crippen molar-refractivity contribution in [2.24, 2.45) is 0 Å². The maximum atomic E-state index is 13.0. The number of rotatable bonds is 6. The molecule has 0 N–H and O–H groups in total. The van der Waals surface area contributed by atoms with Gasteiger partial charge in [0.05, 0.1) is 13.2 Å². The van der Waals surface area contributed by atoms with E-state index in [4.69, 9.17) is 14.2 Å². The minimum atomic E-state index is -0.809. The van der Waals surface area contributed by atoms with Gasteiger partial charge in [0.25, 0.3) is 11.8 Å². The molecule has 1 spiro atoms. The number of carbonyl (C=O) groups excluding carboxylic acids is 2. The fourth-order valence-electron chi connectivity index (χ4n) is 4.12. The Labute approximate surface area is 182 Å². The van der Waals surface area contributed by atoms with E-state index in [0.717, 1.165) is 5.75 Å². The summed E-state index contributed by atoms with van der Waals surface area (Å²) in [7, 11) is 1.63. The summed E-state index contributed by atoms with van der Waals surface area (Å²) in [6.07, 6.45) is 1.02. The predicted octanol–water partition coefficient (Wildman–Crippen LogP) is 2.96. The molecule has 31 heavy (non-hydrogen) atoms. The van der Waals surface area contributed by atoms with Crippen LogP contribution >= 0.6 is 0 Å². The van der Waals surface area contributed by atoms with Crippen molar-refractivity contribution in [3.05, 3.63) is 60.2 Å². The molecule has 2 amide bonds. The maximum Gasteiger partial charge on any atom is 0.255 e. The number of ether oxygens (including phenoxy) is 3. The minimum absolute atomic E-state index is 0.0188. The predicted molar refractivity (Wildman–Crippen MR) is 115 cm³/mol. The van der Waals surface area contributed by atoms with Gasteiger partial charge in [-0.25, -0.2) is 0 Å². The largest absolute Gasteiger partial charge is 0.457 e. The first-order chi connectivity index (χ1) is 15.1. The molecule has 0 saturated carbocycles. The number of benzene rings is 2. The van der Waals surface area contributed by atoms with Gasteiger partial charge in [-0.15, -0.1) is 0 Å². The van der Waals surface area contributed by atoms with Crippen LogP contribution in [-0.4, -0.2) is 73.7 Å². The molecule has 7 nitrogen and oxygen atoms in total. The van der Waals surface area contributed by atoms with E-state index in [-0.39, 0.29) is 11.8 Å². The van der Waals surface area contributed by atoms with Gasteiger partial charge in [0.15, 0.2) is 0 Å². The fourth-order valence-corrected chi connectivity index (χ4v) is 4.12. The number of para-hydroxylation sites is 1. The van der Waals surface area contributed by atoms with Crippen molar-refractivity contribution in [3.63, 3.8) is 0 Å².